The fourth-order valence-electron chi connectivity index (χ4n) is 3.42. The molecule has 0 aromatic rings. The van der Waals surface area contributed by atoms with Crippen molar-refractivity contribution in [3.63, 3.8) is 0 Å². The Hall–Kier alpha value is -1.01. The Bertz CT molecular complexity index is 333. The lowest BCUT2D eigenvalue weighted by molar-refractivity contribution is -0.133. The first-order valence-corrected chi connectivity index (χ1v) is 8.08. The van der Waals surface area contributed by atoms with E-state index in [9.17, 15) is 4.79 Å². The van der Waals surface area contributed by atoms with Crippen LogP contribution in [0, 0.1) is 24.2 Å². The highest BCUT2D eigenvalue weighted by Gasteiger charge is 2.24. The number of hydrogen-bond donors (Lipinski definition) is 0. The zero-order chi connectivity index (χ0) is 14.2. The summed E-state index contributed by atoms with van der Waals surface area (Å²) in [5, 5.41) is 0. The Balaban J connectivity index is 1.60. The third-order valence-electron chi connectivity index (χ3n) is 4.75. The van der Waals surface area contributed by atoms with Crippen molar-refractivity contribution in [1.82, 2.24) is 4.90 Å². The van der Waals surface area contributed by atoms with Crippen LogP contribution in [0.25, 0.3) is 0 Å². The van der Waals surface area contributed by atoms with Gasteiger partial charge in [-0.25, -0.2) is 0 Å². The Labute approximate surface area is 123 Å². The molecule has 2 fully saturated rings. The molecule has 20 heavy (non-hydrogen) atoms. The SMILES string of the molecule is C#CCOCC1CCN(C(=O)CCC2CCCC2)CC1. The number of rotatable bonds is 6. The molecule has 1 saturated carbocycles. The van der Waals surface area contributed by atoms with E-state index in [0.717, 1.165) is 51.3 Å². The highest BCUT2D eigenvalue weighted by molar-refractivity contribution is 5.76. The molecule has 0 spiro atoms. The smallest absolute Gasteiger partial charge is 0.222 e. The third kappa shape index (κ3) is 4.83. The van der Waals surface area contributed by atoms with Gasteiger partial charge in [0, 0.05) is 19.5 Å². The molecule has 1 heterocycles. The van der Waals surface area contributed by atoms with E-state index in [2.05, 4.69) is 5.92 Å². The van der Waals surface area contributed by atoms with E-state index in [4.69, 9.17) is 11.2 Å². The maximum Gasteiger partial charge on any atom is 0.222 e. The summed E-state index contributed by atoms with van der Waals surface area (Å²) in [6, 6.07) is 0. The van der Waals surface area contributed by atoms with Crippen molar-refractivity contribution in [2.75, 3.05) is 26.3 Å². The van der Waals surface area contributed by atoms with Gasteiger partial charge in [0.15, 0.2) is 0 Å². The normalized spacial score (nSPS) is 21.1. The van der Waals surface area contributed by atoms with Crippen LogP contribution in [0.4, 0.5) is 0 Å². The van der Waals surface area contributed by atoms with Crippen LogP contribution in [0.5, 0.6) is 0 Å². The van der Waals surface area contributed by atoms with E-state index in [0.29, 0.717) is 18.4 Å². The van der Waals surface area contributed by atoms with Crippen LogP contribution < -0.4 is 0 Å². The number of hydrogen-bond acceptors (Lipinski definition) is 2. The van der Waals surface area contributed by atoms with Crippen LogP contribution in [0.2, 0.25) is 0 Å². The molecule has 1 saturated heterocycles. The van der Waals surface area contributed by atoms with Gasteiger partial charge in [-0.15, -0.1) is 6.42 Å². The molecule has 2 aliphatic rings. The van der Waals surface area contributed by atoms with Gasteiger partial charge in [-0.05, 0) is 31.1 Å². The van der Waals surface area contributed by atoms with Gasteiger partial charge in [-0.2, -0.15) is 0 Å². The zero-order valence-electron chi connectivity index (χ0n) is 12.5. The monoisotopic (exact) mass is 277 g/mol. The number of ether oxygens (including phenoxy) is 1. The predicted octanol–water partition coefficient (Wildman–Crippen LogP) is 2.85. The van der Waals surface area contributed by atoms with Crippen LogP contribution in [0.1, 0.15) is 51.4 Å². The molecule has 2 rings (SSSR count). The average molecular weight is 277 g/mol. The second-order valence-corrected chi connectivity index (χ2v) is 6.23. The maximum atomic E-state index is 12.2. The largest absolute Gasteiger partial charge is 0.369 e. The van der Waals surface area contributed by atoms with Crippen LogP contribution in [-0.4, -0.2) is 37.1 Å². The summed E-state index contributed by atoms with van der Waals surface area (Å²) < 4.78 is 5.39. The lowest BCUT2D eigenvalue weighted by atomic mass is 9.96. The van der Waals surface area contributed by atoms with Crippen LogP contribution in [-0.2, 0) is 9.53 Å². The number of terminal acetylenes is 1. The number of piperidine rings is 1. The molecule has 0 unspecified atom stereocenters. The standard InChI is InChI=1S/C17H27NO2/c1-2-13-20-14-16-9-11-18(12-10-16)17(19)8-7-15-5-3-4-6-15/h1,15-16H,3-14H2. The van der Waals surface area contributed by atoms with E-state index in [-0.39, 0.29) is 0 Å². The van der Waals surface area contributed by atoms with Gasteiger partial charge in [0.1, 0.15) is 6.61 Å². The van der Waals surface area contributed by atoms with E-state index in [1.807, 2.05) is 4.90 Å². The van der Waals surface area contributed by atoms with Gasteiger partial charge in [0.05, 0.1) is 6.61 Å². The quantitative estimate of drug-likeness (QED) is 0.552. The Morgan fingerprint density at radius 3 is 2.50 bits per heavy atom. The number of amides is 1. The van der Waals surface area contributed by atoms with Crippen molar-refractivity contribution >= 4 is 5.91 Å². The summed E-state index contributed by atoms with van der Waals surface area (Å²) in [7, 11) is 0. The lowest BCUT2D eigenvalue weighted by Gasteiger charge is -2.32. The number of nitrogens with zero attached hydrogens (tertiary/aromatic N) is 1. The highest BCUT2D eigenvalue weighted by Crippen LogP contribution is 2.29. The lowest BCUT2D eigenvalue weighted by Crippen LogP contribution is -2.39. The average Bonchev–Trinajstić information content (AvgIpc) is 2.99. The van der Waals surface area contributed by atoms with Crippen LogP contribution in [0.15, 0.2) is 0 Å². The molecular weight excluding hydrogens is 250 g/mol. The molecule has 0 bridgehead atoms. The van der Waals surface area contributed by atoms with Gasteiger partial charge in [0.25, 0.3) is 0 Å². The fourth-order valence-corrected chi connectivity index (χ4v) is 3.42. The minimum Gasteiger partial charge on any atom is -0.369 e. The zero-order valence-corrected chi connectivity index (χ0v) is 12.5. The number of carbonyl (C=O) groups excluding carboxylic acids is 1. The van der Waals surface area contributed by atoms with Crippen molar-refractivity contribution in [3.8, 4) is 12.3 Å². The van der Waals surface area contributed by atoms with Crippen LogP contribution >= 0.6 is 0 Å². The molecule has 0 aromatic carbocycles. The minimum absolute atomic E-state index is 0.361. The molecule has 112 valence electrons. The van der Waals surface area contributed by atoms with Gasteiger partial charge in [-0.3, -0.25) is 4.79 Å². The van der Waals surface area contributed by atoms with Crippen LogP contribution in [0.3, 0.4) is 0 Å². The van der Waals surface area contributed by atoms with Crippen molar-refractivity contribution in [2.24, 2.45) is 11.8 Å². The summed E-state index contributed by atoms with van der Waals surface area (Å²) in [5.74, 6) is 4.24. The van der Waals surface area contributed by atoms with Crippen molar-refractivity contribution in [2.45, 2.75) is 51.4 Å². The van der Waals surface area contributed by atoms with E-state index in [1.165, 1.54) is 25.7 Å². The third-order valence-corrected chi connectivity index (χ3v) is 4.75. The summed E-state index contributed by atoms with van der Waals surface area (Å²) in [4.78, 5) is 14.2. The molecule has 1 amide bonds. The minimum atomic E-state index is 0.361. The Morgan fingerprint density at radius 2 is 1.85 bits per heavy atom. The van der Waals surface area contributed by atoms with Gasteiger partial charge < -0.3 is 9.64 Å². The van der Waals surface area contributed by atoms with Gasteiger partial charge in [0.2, 0.25) is 5.91 Å². The highest BCUT2D eigenvalue weighted by atomic mass is 16.5. The summed E-state index contributed by atoms with van der Waals surface area (Å²) in [5.41, 5.74) is 0. The molecule has 3 nitrogen and oxygen atoms in total. The van der Waals surface area contributed by atoms with Gasteiger partial charge >= 0.3 is 0 Å². The Morgan fingerprint density at radius 1 is 1.15 bits per heavy atom. The first kappa shape index (κ1) is 15.4. The van der Waals surface area contributed by atoms with E-state index in [1.54, 1.807) is 0 Å². The second-order valence-electron chi connectivity index (χ2n) is 6.23. The molecule has 1 aliphatic carbocycles. The molecule has 3 heteroatoms. The first-order chi connectivity index (χ1) is 9.79. The molecular formula is C17H27NO2. The number of likely N-dealkylation sites (tertiary alicyclic amines) is 1. The summed E-state index contributed by atoms with van der Waals surface area (Å²) in [6.45, 7) is 2.94. The van der Waals surface area contributed by atoms with Crippen molar-refractivity contribution < 1.29 is 9.53 Å². The summed E-state index contributed by atoms with van der Waals surface area (Å²) >= 11 is 0. The fraction of sp³-hybridized carbons (Fsp3) is 0.824. The molecule has 0 aromatic heterocycles. The molecule has 0 atom stereocenters. The molecule has 1 aliphatic heterocycles. The van der Waals surface area contributed by atoms with E-state index >= 15 is 0 Å². The maximum absolute atomic E-state index is 12.2. The Kier molecular flexibility index (Phi) is 6.39. The molecule has 0 radical (unpaired) electrons. The second kappa shape index (κ2) is 8.32. The van der Waals surface area contributed by atoms with Crippen molar-refractivity contribution in [1.29, 1.82) is 0 Å². The predicted molar refractivity (Wildman–Crippen MR) is 80.1 cm³/mol. The molecule has 0 N–H and O–H groups in total. The van der Waals surface area contributed by atoms with Gasteiger partial charge in [-0.1, -0.05) is 31.6 Å². The number of carbonyl (C=O) groups is 1. The first-order valence-electron chi connectivity index (χ1n) is 8.08. The van der Waals surface area contributed by atoms with E-state index < -0.39 is 0 Å². The summed E-state index contributed by atoms with van der Waals surface area (Å²) in [6.07, 6.45) is 14.5. The van der Waals surface area contributed by atoms with Crippen molar-refractivity contribution in [3.05, 3.63) is 0 Å². The topological polar surface area (TPSA) is 29.5 Å².